The number of fused-ring (bicyclic) bond motifs is 1. The molecule has 10 nitrogen and oxygen atoms in total. The Labute approximate surface area is 217 Å². The van der Waals surface area contributed by atoms with Crippen molar-refractivity contribution in [3.8, 4) is 0 Å². The molecule has 0 saturated carbocycles. The minimum Gasteiger partial charge on any atom is -0.351 e. The van der Waals surface area contributed by atoms with Crippen LogP contribution >= 0.6 is 0 Å². The second-order valence-corrected chi connectivity index (χ2v) is 9.96. The molecule has 3 amide bonds. The first-order chi connectivity index (χ1) is 18.0. The fraction of sp³-hybridized carbons (Fsp3) is 0.519. The highest BCUT2D eigenvalue weighted by Gasteiger charge is 2.37. The van der Waals surface area contributed by atoms with E-state index in [1.165, 1.54) is 0 Å². The number of hydrogen-bond donors (Lipinski definition) is 1. The number of carbonyl (C=O) groups is 3. The van der Waals surface area contributed by atoms with Gasteiger partial charge in [0.05, 0.1) is 6.54 Å². The summed E-state index contributed by atoms with van der Waals surface area (Å²) < 4.78 is 0. The number of aromatic nitrogens is 2. The Morgan fingerprint density at radius 3 is 2.51 bits per heavy atom. The number of carbonyl (C=O) groups excluding carboxylic acids is 3. The normalized spacial score (nSPS) is 19.4. The maximum absolute atomic E-state index is 13.3. The average Bonchev–Trinajstić information content (AvgIpc) is 3.52. The number of piperazine rings is 1. The fourth-order valence-electron chi connectivity index (χ4n) is 5.48. The summed E-state index contributed by atoms with van der Waals surface area (Å²) in [5, 5.41) is 3.09. The van der Waals surface area contributed by atoms with Gasteiger partial charge in [0.2, 0.25) is 11.9 Å². The first kappa shape index (κ1) is 25.0. The Morgan fingerprint density at radius 1 is 1.05 bits per heavy atom. The van der Waals surface area contributed by atoms with Gasteiger partial charge in [0.15, 0.2) is 0 Å². The van der Waals surface area contributed by atoms with Crippen molar-refractivity contribution >= 4 is 29.5 Å². The van der Waals surface area contributed by atoms with Crippen molar-refractivity contribution in [1.82, 2.24) is 25.1 Å². The number of nitrogens with zero attached hydrogens (tertiary/aromatic N) is 6. The molecule has 5 rings (SSSR count). The molecule has 2 aromatic rings. The van der Waals surface area contributed by atoms with E-state index in [-0.39, 0.29) is 23.8 Å². The van der Waals surface area contributed by atoms with Gasteiger partial charge in [0.1, 0.15) is 11.5 Å². The van der Waals surface area contributed by atoms with Crippen LogP contribution in [0.15, 0.2) is 30.3 Å². The summed E-state index contributed by atoms with van der Waals surface area (Å²) in [5.41, 5.74) is 2.01. The molecule has 2 saturated heterocycles. The predicted molar refractivity (Wildman–Crippen MR) is 141 cm³/mol. The largest absolute Gasteiger partial charge is 0.351 e. The molecule has 0 aliphatic carbocycles. The van der Waals surface area contributed by atoms with E-state index in [0.717, 1.165) is 37.2 Å². The second-order valence-electron chi connectivity index (χ2n) is 9.96. The van der Waals surface area contributed by atoms with E-state index in [1.54, 1.807) is 6.92 Å². The minimum atomic E-state index is -0.0892. The summed E-state index contributed by atoms with van der Waals surface area (Å²) in [4.78, 5) is 55.5. The highest BCUT2D eigenvalue weighted by atomic mass is 16.2. The fourth-order valence-corrected chi connectivity index (χ4v) is 5.48. The molecule has 0 radical (unpaired) electrons. The van der Waals surface area contributed by atoms with Gasteiger partial charge in [-0.05, 0) is 31.4 Å². The van der Waals surface area contributed by atoms with Gasteiger partial charge >= 0.3 is 0 Å². The average molecular weight is 506 g/mol. The van der Waals surface area contributed by atoms with Gasteiger partial charge in [-0.15, -0.1) is 0 Å². The van der Waals surface area contributed by atoms with E-state index < -0.39 is 0 Å². The van der Waals surface area contributed by atoms with E-state index in [1.807, 2.05) is 40.1 Å². The third-order valence-corrected chi connectivity index (χ3v) is 7.50. The van der Waals surface area contributed by atoms with Crippen LogP contribution in [0.3, 0.4) is 0 Å². The summed E-state index contributed by atoms with van der Waals surface area (Å²) in [6.07, 6.45) is 2.80. The number of anilines is 2. The van der Waals surface area contributed by atoms with Crippen molar-refractivity contribution < 1.29 is 14.4 Å². The Kier molecular flexibility index (Phi) is 7.25. The van der Waals surface area contributed by atoms with Gasteiger partial charge in [-0.25, -0.2) is 4.98 Å². The highest BCUT2D eigenvalue weighted by Crippen LogP contribution is 2.35. The van der Waals surface area contributed by atoms with E-state index in [4.69, 9.17) is 9.97 Å². The van der Waals surface area contributed by atoms with Crippen LogP contribution in [0.1, 0.15) is 59.5 Å². The molecule has 1 aromatic carbocycles. The molecule has 0 bridgehead atoms. The van der Waals surface area contributed by atoms with Crippen LogP contribution < -0.4 is 15.1 Å². The monoisotopic (exact) mass is 505 g/mol. The molecule has 3 aliphatic rings. The van der Waals surface area contributed by atoms with E-state index in [9.17, 15) is 14.4 Å². The molecular formula is C27H35N7O3. The zero-order chi connectivity index (χ0) is 25.9. The van der Waals surface area contributed by atoms with Gasteiger partial charge in [-0.3, -0.25) is 14.4 Å². The molecule has 1 unspecified atom stereocenters. The summed E-state index contributed by atoms with van der Waals surface area (Å²) >= 11 is 0. The van der Waals surface area contributed by atoms with Crippen LogP contribution in [0, 0.1) is 0 Å². The summed E-state index contributed by atoms with van der Waals surface area (Å²) in [5.74, 6) is 1.28. The zero-order valence-electron chi connectivity index (χ0n) is 21.7. The molecule has 3 aliphatic heterocycles. The van der Waals surface area contributed by atoms with Crippen molar-refractivity contribution in [1.29, 1.82) is 0 Å². The van der Waals surface area contributed by atoms with Gasteiger partial charge in [-0.1, -0.05) is 25.1 Å². The van der Waals surface area contributed by atoms with Gasteiger partial charge in [0.25, 0.3) is 11.8 Å². The van der Waals surface area contributed by atoms with Crippen molar-refractivity contribution in [3.63, 3.8) is 0 Å². The van der Waals surface area contributed by atoms with Gasteiger partial charge in [0, 0.05) is 69.9 Å². The van der Waals surface area contributed by atoms with E-state index in [0.29, 0.717) is 63.0 Å². The maximum atomic E-state index is 13.3. The Balaban J connectivity index is 1.41. The standard InChI is InChI=1S/C27H35N7O3/c1-3-11-33-18-22-23(26(33)37)29-27(32-15-13-31(14-16-32)19(2)35)30-24(22)34-12-7-10-21(34)17-28-25(36)20-8-5-4-6-9-20/h4-6,8-9,21H,3,7,10-18H2,1-2H3,(H,28,36). The maximum Gasteiger partial charge on any atom is 0.273 e. The van der Waals surface area contributed by atoms with Crippen molar-refractivity contribution in [2.24, 2.45) is 0 Å². The zero-order valence-corrected chi connectivity index (χ0v) is 21.7. The van der Waals surface area contributed by atoms with Gasteiger partial charge < -0.3 is 24.9 Å². The summed E-state index contributed by atoms with van der Waals surface area (Å²) in [6, 6.07) is 9.32. The molecule has 196 valence electrons. The Morgan fingerprint density at radius 2 is 1.81 bits per heavy atom. The first-order valence-electron chi connectivity index (χ1n) is 13.3. The molecule has 0 spiro atoms. The lowest BCUT2D eigenvalue weighted by atomic mass is 10.1. The molecule has 2 fully saturated rings. The molecule has 1 aromatic heterocycles. The van der Waals surface area contributed by atoms with Crippen LogP contribution in [0.2, 0.25) is 0 Å². The SMILES string of the molecule is CCCN1Cc2c(nc(N3CCN(C(C)=O)CC3)nc2N2CCCC2CNC(=O)c2ccccc2)C1=O. The highest BCUT2D eigenvalue weighted by molar-refractivity contribution is 5.98. The van der Waals surface area contributed by atoms with E-state index in [2.05, 4.69) is 22.0 Å². The van der Waals surface area contributed by atoms with Crippen LogP contribution in [-0.2, 0) is 11.3 Å². The molecular weight excluding hydrogens is 470 g/mol. The number of rotatable bonds is 7. The summed E-state index contributed by atoms with van der Waals surface area (Å²) in [7, 11) is 0. The predicted octanol–water partition coefficient (Wildman–Crippen LogP) is 1.91. The van der Waals surface area contributed by atoms with Crippen LogP contribution in [0.4, 0.5) is 11.8 Å². The Bertz CT molecular complexity index is 1160. The lowest BCUT2D eigenvalue weighted by Crippen LogP contribution is -2.49. The van der Waals surface area contributed by atoms with Crippen molar-refractivity contribution in [2.75, 3.05) is 55.6 Å². The van der Waals surface area contributed by atoms with Crippen LogP contribution in [-0.4, -0.2) is 89.3 Å². The molecule has 4 heterocycles. The third kappa shape index (κ3) is 5.10. The van der Waals surface area contributed by atoms with Gasteiger partial charge in [-0.2, -0.15) is 4.98 Å². The summed E-state index contributed by atoms with van der Waals surface area (Å²) in [6.45, 7) is 8.63. The van der Waals surface area contributed by atoms with Crippen molar-refractivity contribution in [2.45, 2.75) is 45.7 Å². The molecule has 10 heteroatoms. The third-order valence-electron chi connectivity index (χ3n) is 7.50. The Hall–Kier alpha value is -3.69. The van der Waals surface area contributed by atoms with Crippen molar-refractivity contribution in [3.05, 3.63) is 47.2 Å². The molecule has 1 atom stereocenters. The quantitative estimate of drug-likeness (QED) is 0.613. The smallest absolute Gasteiger partial charge is 0.273 e. The molecule has 37 heavy (non-hydrogen) atoms. The lowest BCUT2D eigenvalue weighted by Gasteiger charge is -2.35. The van der Waals surface area contributed by atoms with E-state index >= 15 is 0 Å². The number of hydrogen-bond acceptors (Lipinski definition) is 7. The molecule has 1 N–H and O–H groups in total. The number of amides is 3. The topological polar surface area (TPSA) is 102 Å². The minimum absolute atomic E-state index is 0.0442. The number of nitrogens with one attached hydrogen (secondary N) is 1. The second kappa shape index (κ2) is 10.7. The number of benzene rings is 1. The lowest BCUT2D eigenvalue weighted by molar-refractivity contribution is -0.129. The van der Waals surface area contributed by atoms with Crippen LogP contribution in [0.25, 0.3) is 0 Å². The first-order valence-corrected chi connectivity index (χ1v) is 13.3. The van der Waals surface area contributed by atoms with Crippen LogP contribution in [0.5, 0.6) is 0 Å².